The van der Waals surface area contributed by atoms with Crippen LogP contribution in [0.25, 0.3) is 0 Å². The smallest absolute Gasteiger partial charge is 0.257 e. The van der Waals surface area contributed by atoms with Crippen LogP contribution in [0.5, 0.6) is 0 Å². The Hall–Kier alpha value is -1.26. The number of hydrogen-bond donors (Lipinski definition) is 1. The van der Waals surface area contributed by atoms with Crippen LogP contribution in [0.2, 0.25) is 0 Å². The number of benzene rings is 1. The summed E-state index contributed by atoms with van der Waals surface area (Å²) in [5.41, 5.74) is -0.600. The van der Waals surface area contributed by atoms with Gasteiger partial charge in [0.1, 0.15) is 17.2 Å². The first kappa shape index (κ1) is 16.8. The van der Waals surface area contributed by atoms with Gasteiger partial charge in [0.25, 0.3) is 5.91 Å². The van der Waals surface area contributed by atoms with E-state index in [4.69, 9.17) is 4.52 Å². The average molecular weight is 305 g/mol. The Kier molecular flexibility index (Phi) is 6.30. The van der Waals surface area contributed by atoms with Gasteiger partial charge in [-0.2, -0.15) is 0 Å². The second-order valence-corrected chi connectivity index (χ2v) is 7.10. The second kappa shape index (κ2) is 7.50. The van der Waals surface area contributed by atoms with Gasteiger partial charge in [-0.1, -0.05) is 6.07 Å². The van der Waals surface area contributed by atoms with Crippen LogP contribution >= 0.6 is 7.37 Å². The lowest BCUT2D eigenvalue weighted by molar-refractivity contribution is 0.0945. The first-order valence-corrected chi connectivity index (χ1v) is 8.56. The summed E-state index contributed by atoms with van der Waals surface area (Å²) in [5.74, 6) is -2.63. The van der Waals surface area contributed by atoms with Crippen molar-refractivity contribution in [1.29, 1.82) is 0 Å². The van der Waals surface area contributed by atoms with Crippen LogP contribution < -0.4 is 5.32 Å². The first-order chi connectivity index (χ1) is 9.37. The summed E-state index contributed by atoms with van der Waals surface area (Å²) in [7, 11) is -2.64. The van der Waals surface area contributed by atoms with Gasteiger partial charge in [-0.3, -0.25) is 9.36 Å². The Bertz CT molecular complexity index is 502. The minimum Gasteiger partial charge on any atom is -0.352 e. The summed E-state index contributed by atoms with van der Waals surface area (Å²) in [4.78, 5) is 11.6. The van der Waals surface area contributed by atoms with E-state index in [0.717, 1.165) is 12.1 Å². The molecule has 0 saturated heterocycles. The van der Waals surface area contributed by atoms with E-state index >= 15 is 0 Å². The molecule has 1 aromatic carbocycles. The molecule has 0 aliphatic rings. The summed E-state index contributed by atoms with van der Waals surface area (Å²) in [6, 6.07) is 3.23. The van der Waals surface area contributed by atoms with Gasteiger partial charge in [-0.05, 0) is 25.5 Å². The van der Waals surface area contributed by atoms with Crippen molar-refractivity contribution in [3.8, 4) is 0 Å². The van der Waals surface area contributed by atoms with Crippen molar-refractivity contribution in [3.05, 3.63) is 35.4 Å². The molecule has 0 aliphatic heterocycles. The maximum atomic E-state index is 13.3. The zero-order valence-electron chi connectivity index (χ0n) is 11.5. The van der Waals surface area contributed by atoms with Crippen LogP contribution in [-0.2, 0) is 9.09 Å². The largest absolute Gasteiger partial charge is 0.352 e. The highest BCUT2D eigenvalue weighted by atomic mass is 31.2. The summed E-state index contributed by atoms with van der Waals surface area (Å²) in [5, 5.41) is 2.40. The molecule has 0 aliphatic carbocycles. The third kappa shape index (κ3) is 5.02. The molecule has 0 spiro atoms. The highest BCUT2D eigenvalue weighted by Crippen LogP contribution is 2.42. The number of rotatable bonds is 7. The lowest BCUT2D eigenvalue weighted by Gasteiger charge is -2.12. The minimum atomic E-state index is -2.64. The van der Waals surface area contributed by atoms with Gasteiger partial charge in [0.2, 0.25) is 0 Å². The molecule has 1 N–H and O–H groups in total. The molecule has 0 radical (unpaired) electrons. The van der Waals surface area contributed by atoms with Crippen molar-refractivity contribution in [2.45, 2.75) is 13.3 Å². The van der Waals surface area contributed by atoms with Gasteiger partial charge in [-0.15, -0.1) is 0 Å². The van der Waals surface area contributed by atoms with Crippen molar-refractivity contribution in [3.63, 3.8) is 0 Å². The zero-order chi connectivity index (χ0) is 15.2. The third-order valence-electron chi connectivity index (χ3n) is 2.62. The van der Waals surface area contributed by atoms with Crippen molar-refractivity contribution in [1.82, 2.24) is 5.32 Å². The number of carbonyl (C=O) groups excluding carboxylic acids is 1. The fourth-order valence-corrected chi connectivity index (χ4v) is 3.12. The standard InChI is InChI=1S/C13H18F2NO3P/c1-3-19-20(2,18)9-5-8-16-13(17)12-10(14)6-4-7-11(12)15/h4,6-7H,3,5,8-9H2,1-2H3,(H,16,17). The van der Waals surface area contributed by atoms with Crippen LogP contribution in [0.3, 0.4) is 0 Å². The van der Waals surface area contributed by atoms with Gasteiger partial charge in [0, 0.05) is 19.4 Å². The quantitative estimate of drug-likeness (QED) is 0.622. The number of nitrogens with one attached hydrogen (secondary N) is 1. The van der Waals surface area contributed by atoms with Crippen molar-refractivity contribution in [2.24, 2.45) is 0 Å². The summed E-state index contributed by atoms with van der Waals surface area (Å²) in [6.45, 7) is 3.81. The second-order valence-electron chi connectivity index (χ2n) is 4.36. The Balaban J connectivity index is 2.47. The molecule has 1 unspecified atom stereocenters. The van der Waals surface area contributed by atoms with Crippen molar-refractivity contribution in [2.75, 3.05) is 26.0 Å². The number of hydrogen-bond acceptors (Lipinski definition) is 3. The number of amides is 1. The monoisotopic (exact) mass is 305 g/mol. The molecule has 1 atom stereocenters. The van der Waals surface area contributed by atoms with E-state index in [0.29, 0.717) is 19.2 Å². The highest BCUT2D eigenvalue weighted by molar-refractivity contribution is 7.58. The van der Waals surface area contributed by atoms with E-state index in [9.17, 15) is 18.1 Å². The lowest BCUT2D eigenvalue weighted by Crippen LogP contribution is -2.27. The van der Waals surface area contributed by atoms with E-state index in [1.54, 1.807) is 6.92 Å². The maximum absolute atomic E-state index is 13.3. The van der Waals surface area contributed by atoms with E-state index in [1.165, 1.54) is 12.7 Å². The Labute approximate surface area is 117 Å². The number of halogens is 2. The normalized spacial score (nSPS) is 13.8. The van der Waals surface area contributed by atoms with Gasteiger partial charge in [0.05, 0.1) is 6.61 Å². The SMILES string of the molecule is CCOP(C)(=O)CCCNC(=O)c1c(F)cccc1F. The summed E-state index contributed by atoms with van der Waals surface area (Å²) >= 11 is 0. The molecule has 4 nitrogen and oxygen atoms in total. The van der Waals surface area contributed by atoms with Gasteiger partial charge in [-0.25, -0.2) is 8.78 Å². The molecule has 1 aromatic rings. The van der Waals surface area contributed by atoms with Crippen molar-refractivity contribution >= 4 is 13.3 Å². The Morgan fingerprint density at radius 3 is 2.50 bits per heavy atom. The molecule has 20 heavy (non-hydrogen) atoms. The maximum Gasteiger partial charge on any atom is 0.257 e. The minimum absolute atomic E-state index is 0.178. The Morgan fingerprint density at radius 2 is 1.95 bits per heavy atom. The fourth-order valence-electron chi connectivity index (χ4n) is 1.71. The van der Waals surface area contributed by atoms with Gasteiger partial charge in [0.15, 0.2) is 7.37 Å². The average Bonchev–Trinajstić information content (AvgIpc) is 2.34. The molecule has 0 fully saturated rings. The summed E-state index contributed by atoms with van der Waals surface area (Å²) < 4.78 is 43.5. The van der Waals surface area contributed by atoms with E-state index in [1.807, 2.05) is 0 Å². The highest BCUT2D eigenvalue weighted by Gasteiger charge is 2.17. The molecule has 1 amide bonds. The molecule has 1 rings (SSSR count). The van der Waals surface area contributed by atoms with Crippen LogP contribution in [0, 0.1) is 11.6 Å². The zero-order valence-corrected chi connectivity index (χ0v) is 12.4. The van der Waals surface area contributed by atoms with Crippen LogP contribution in [0.1, 0.15) is 23.7 Å². The summed E-state index contributed by atoms with van der Waals surface area (Å²) in [6.07, 6.45) is 0.719. The molecule has 0 saturated carbocycles. The van der Waals surface area contributed by atoms with Crippen LogP contribution in [0.15, 0.2) is 18.2 Å². The molecule has 0 heterocycles. The molecule has 0 aromatic heterocycles. The van der Waals surface area contributed by atoms with Crippen LogP contribution in [0.4, 0.5) is 8.78 Å². The lowest BCUT2D eigenvalue weighted by atomic mass is 10.2. The molecular formula is C13H18F2NO3P. The van der Waals surface area contributed by atoms with E-state index < -0.39 is 30.5 Å². The molecule has 112 valence electrons. The molecular weight excluding hydrogens is 287 g/mol. The number of carbonyl (C=O) groups is 1. The van der Waals surface area contributed by atoms with E-state index in [-0.39, 0.29) is 6.54 Å². The van der Waals surface area contributed by atoms with Gasteiger partial charge >= 0.3 is 0 Å². The third-order valence-corrected chi connectivity index (χ3v) is 4.55. The topological polar surface area (TPSA) is 55.4 Å². The van der Waals surface area contributed by atoms with E-state index in [2.05, 4.69) is 5.32 Å². The predicted octanol–water partition coefficient (Wildman–Crippen LogP) is 3.03. The Morgan fingerprint density at radius 1 is 1.35 bits per heavy atom. The fraction of sp³-hybridized carbons (Fsp3) is 0.462. The first-order valence-electron chi connectivity index (χ1n) is 6.30. The van der Waals surface area contributed by atoms with Crippen molar-refractivity contribution < 1.29 is 22.7 Å². The van der Waals surface area contributed by atoms with Gasteiger partial charge < -0.3 is 9.84 Å². The molecule has 7 heteroatoms. The van der Waals surface area contributed by atoms with Crippen LogP contribution in [-0.4, -0.2) is 31.9 Å². The predicted molar refractivity (Wildman–Crippen MR) is 73.3 cm³/mol. The molecule has 0 bridgehead atoms.